The Bertz CT molecular complexity index is 593. The lowest BCUT2D eigenvalue weighted by atomic mass is 10.2. The van der Waals surface area contributed by atoms with Crippen LogP contribution in [0, 0.1) is 17.1 Å². The highest BCUT2D eigenvalue weighted by molar-refractivity contribution is 9.10. The van der Waals surface area contributed by atoms with Crippen LogP contribution in [0.1, 0.15) is 5.56 Å². The summed E-state index contributed by atoms with van der Waals surface area (Å²) in [6.07, 6.45) is 1.54. The van der Waals surface area contributed by atoms with Crippen molar-refractivity contribution in [2.45, 2.75) is 0 Å². The third kappa shape index (κ3) is 2.60. The van der Waals surface area contributed by atoms with Gasteiger partial charge in [-0.1, -0.05) is 15.9 Å². The summed E-state index contributed by atoms with van der Waals surface area (Å²) in [5, 5.41) is 11.7. The molecule has 3 nitrogen and oxygen atoms in total. The zero-order valence-corrected chi connectivity index (χ0v) is 10.2. The Labute approximate surface area is 106 Å². The SMILES string of the molecule is N#Cc1cccnc1Nc1cc(Br)ccc1F. The fraction of sp³-hybridized carbons (Fsp3) is 0. The van der Waals surface area contributed by atoms with Crippen molar-refractivity contribution in [3.8, 4) is 6.07 Å². The molecule has 84 valence electrons. The second kappa shape index (κ2) is 4.93. The first kappa shape index (κ1) is 11.6. The summed E-state index contributed by atoms with van der Waals surface area (Å²) in [5.74, 6) is -0.0604. The summed E-state index contributed by atoms with van der Waals surface area (Å²) < 4.78 is 14.2. The van der Waals surface area contributed by atoms with Gasteiger partial charge < -0.3 is 5.32 Å². The molecule has 2 aromatic rings. The number of hydrogen-bond donors (Lipinski definition) is 1. The molecule has 0 saturated carbocycles. The molecule has 0 unspecified atom stereocenters. The Hall–Kier alpha value is -1.93. The van der Waals surface area contributed by atoms with Gasteiger partial charge >= 0.3 is 0 Å². The van der Waals surface area contributed by atoms with Gasteiger partial charge in [0.25, 0.3) is 0 Å². The summed E-state index contributed by atoms with van der Waals surface area (Å²) in [7, 11) is 0. The van der Waals surface area contributed by atoms with Crippen molar-refractivity contribution in [2.75, 3.05) is 5.32 Å². The van der Waals surface area contributed by atoms with E-state index < -0.39 is 5.82 Å². The third-order valence-corrected chi connectivity index (χ3v) is 2.60. The topological polar surface area (TPSA) is 48.7 Å². The van der Waals surface area contributed by atoms with E-state index in [1.165, 1.54) is 6.07 Å². The average Bonchev–Trinajstić information content (AvgIpc) is 2.34. The molecular weight excluding hydrogens is 285 g/mol. The average molecular weight is 292 g/mol. The van der Waals surface area contributed by atoms with E-state index in [-0.39, 0.29) is 5.69 Å². The normalized spacial score (nSPS) is 9.71. The molecule has 0 radical (unpaired) electrons. The number of benzene rings is 1. The minimum atomic E-state index is -0.400. The summed E-state index contributed by atoms with van der Waals surface area (Å²) in [4.78, 5) is 4.00. The molecule has 0 amide bonds. The van der Waals surface area contributed by atoms with Crippen LogP contribution in [-0.2, 0) is 0 Å². The number of anilines is 2. The first-order chi connectivity index (χ1) is 8.20. The predicted octanol–water partition coefficient (Wildman–Crippen LogP) is 3.60. The standard InChI is InChI=1S/C12H7BrFN3/c13-9-3-4-10(14)11(6-9)17-12-8(7-15)2-1-5-16-12/h1-6H,(H,16,17). The van der Waals surface area contributed by atoms with Crippen LogP contribution in [0.15, 0.2) is 41.0 Å². The number of aromatic nitrogens is 1. The summed E-state index contributed by atoms with van der Waals surface area (Å²) in [5.41, 5.74) is 0.640. The largest absolute Gasteiger partial charge is 0.337 e. The lowest BCUT2D eigenvalue weighted by Crippen LogP contribution is -1.98. The number of rotatable bonds is 2. The predicted molar refractivity (Wildman–Crippen MR) is 66.3 cm³/mol. The van der Waals surface area contributed by atoms with Crippen molar-refractivity contribution in [2.24, 2.45) is 0 Å². The van der Waals surface area contributed by atoms with Gasteiger partial charge in [0.1, 0.15) is 17.7 Å². The van der Waals surface area contributed by atoms with E-state index in [0.29, 0.717) is 11.4 Å². The van der Waals surface area contributed by atoms with Crippen molar-refractivity contribution in [3.63, 3.8) is 0 Å². The van der Waals surface area contributed by atoms with E-state index in [1.807, 2.05) is 6.07 Å². The fourth-order valence-corrected chi connectivity index (χ4v) is 1.68. The van der Waals surface area contributed by atoms with Gasteiger partial charge in [-0.15, -0.1) is 0 Å². The first-order valence-corrected chi connectivity index (χ1v) is 5.57. The Morgan fingerprint density at radius 1 is 1.35 bits per heavy atom. The van der Waals surface area contributed by atoms with Crippen LogP contribution < -0.4 is 5.32 Å². The first-order valence-electron chi connectivity index (χ1n) is 4.78. The second-order valence-corrected chi connectivity index (χ2v) is 4.18. The molecule has 1 aromatic carbocycles. The molecule has 0 fully saturated rings. The number of hydrogen-bond acceptors (Lipinski definition) is 3. The monoisotopic (exact) mass is 291 g/mol. The Kier molecular flexibility index (Phi) is 3.35. The highest BCUT2D eigenvalue weighted by atomic mass is 79.9. The molecule has 0 aliphatic rings. The minimum absolute atomic E-state index is 0.273. The Balaban J connectivity index is 2.38. The van der Waals surface area contributed by atoms with Crippen LogP contribution in [-0.4, -0.2) is 4.98 Å². The number of nitrogens with zero attached hydrogens (tertiary/aromatic N) is 2. The lowest BCUT2D eigenvalue weighted by molar-refractivity contribution is 0.631. The molecule has 1 N–H and O–H groups in total. The van der Waals surface area contributed by atoms with E-state index in [4.69, 9.17) is 5.26 Å². The quantitative estimate of drug-likeness (QED) is 0.920. The van der Waals surface area contributed by atoms with Crippen molar-refractivity contribution < 1.29 is 4.39 Å². The highest BCUT2D eigenvalue weighted by Crippen LogP contribution is 2.24. The molecule has 0 aliphatic carbocycles. The lowest BCUT2D eigenvalue weighted by Gasteiger charge is -2.08. The molecule has 1 heterocycles. The van der Waals surface area contributed by atoms with Gasteiger partial charge in [-0.3, -0.25) is 0 Å². The maximum atomic E-state index is 13.5. The second-order valence-electron chi connectivity index (χ2n) is 3.26. The van der Waals surface area contributed by atoms with Gasteiger partial charge in [0, 0.05) is 10.7 Å². The van der Waals surface area contributed by atoms with Gasteiger partial charge in [-0.2, -0.15) is 5.26 Å². The maximum Gasteiger partial charge on any atom is 0.148 e. The van der Waals surface area contributed by atoms with E-state index in [0.717, 1.165) is 4.47 Å². The number of pyridine rings is 1. The van der Waals surface area contributed by atoms with Crippen LogP contribution in [0.25, 0.3) is 0 Å². The molecule has 0 saturated heterocycles. The molecular formula is C12H7BrFN3. The highest BCUT2D eigenvalue weighted by Gasteiger charge is 2.07. The minimum Gasteiger partial charge on any atom is -0.337 e. The Morgan fingerprint density at radius 3 is 2.94 bits per heavy atom. The Morgan fingerprint density at radius 2 is 2.18 bits per heavy atom. The van der Waals surface area contributed by atoms with E-state index in [2.05, 4.69) is 26.2 Å². The molecule has 17 heavy (non-hydrogen) atoms. The third-order valence-electron chi connectivity index (χ3n) is 2.11. The van der Waals surface area contributed by atoms with Crippen molar-refractivity contribution in [1.29, 1.82) is 5.26 Å². The number of nitriles is 1. The molecule has 0 spiro atoms. The smallest absolute Gasteiger partial charge is 0.148 e. The van der Waals surface area contributed by atoms with Crippen LogP contribution in [0.3, 0.4) is 0 Å². The van der Waals surface area contributed by atoms with Crippen molar-refractivity contribution in [3.05, 3.63) is 52.4 Å². The van der Waals surface area contributed by atoms with Gasteiger partial charge in [0.15, 0.2) is 0 Å². The van der Waals surface area contributed by atoms with Crippen molar-refractivity contribution >= 4 is 27.4 Å². The van der Waals surface area contributed by atoms with Crippen LogP contribution >= 0.6 is 15.9 Å². The molecule has 2 rings (SSSR count). The zero-order valence-electron chi connectivity index (χ0n) is 8.61. The van der Waals surface area contributed by atoms with Gasteiger partial charge in [0.2, 0.25) is 0 Å². The van der Waals surface area contributed by atoms with Crippen LogP contribution in [0.5, 0.6) is 0 Å². The molecule has 0 atom stereocenters. The van der Waals surface area contributed by atoms with Gasteiger partial charge in [0.05, 0.1) is 11.3 Å². The van der Waals surface area contributed by atoms with Gasteiger partial charge in [-0.25, -0.2) is 9.37 Å². The molecule has 5 heteroatoms. The summed E-state index contributed by atoms with van der Waals surface area (Å²) in [6, 6.07) is 9.79. The van der Waals surface area contributed by atoms with Gasteiger partial charge in [-0.05, 0) is 30.3 Å². The van der Waals surface area contributed by atoms with Crippen LogP contribution in [0.2, 0.25) is 0 Å². The van der Waals surface area contributed by atoms with Crippen LogP contribution in [0.4, 0.5) is 15.9 Å². The zero-order chi connectivity index (χ0) is 12.3. The number of nitrogens with one attached hydrogen (secondary N) is 1. The molecule has 0 aliphatic heterocycles. The maximum absolute atomic E-state index is 13.5. The van der Waals surface area contributed by atoms with E-state index in [9.17, 15) is 4.39 Å². The van der Waals surface area contributed by atoms with E-state index >= 15 is 0 Å². The van der Waals surface area contributed by atoms with Crippen molar-refractivity contribution in [1.82, 2.24) is 4.98 Å². The summed E-state index contributed by atoms with van der Waals surface area (Å²) in [6.45, 7) is 0. The molecule has 1 aromatic heterocycles. The fourth-order valence-electron chi connectivity index (χ4n) is 1.32. The number of halogens is 2. The van der Waals surface area contributed by atoms with E-state index in [1.54, 1.807) is 30.5 Å². The summed E-state index contributed by atoms with van der Waals surface area (Å²) >= 11 is 3.25. The molecule has 0 bridgehead atoms.